The molecule has 0 radical (unpaired) electrons. The van der Waals surface area contributed by atoms with E-state index in [1.165, 1.54) is 0 Å². The zero-order valence-electron chi connectivity index (χ0n) is 12.7. The Balaban J connectivity index is 1.61. The van der Waals surface area contributed by atoms with Gasteiger partial charge in [-0.15, -0.1) is 0 Å². The zero-order chi connectivity index (χ0) is 14.7. The van der Waals surface area contributed by atoms with Crippen molar-refractivity contribution < 1.29 is 14.2 Å². The average Bonchev–Trinajstić information content (AvgIpc) is 2.49. The second-order valence-corrected chi connectivity index (χ2v) is 6.23. The van der Waals surface area contributed by atoms with Crippen LogP contribution in [0.25, 0.3) is 0 Å². The Morgan fingerprint density at radius 3 is 2.57 bits per heavy atom. The first-order chi connectivity index (χ1) is 10.2. The number of benzene rings is 1. The van der Waals surface area contributed by atoms with E-state index in [0.29, 0.717) is 0 Å². The second-order valence-electron chi connectivity index (χ2n) is 6.23. The van der Waals surface area contributed by atoms with Gasteiger partial charge in [0.1, 0.15) is 11.9 Å². The lowest BCUT2D eigenvalue weighted by molar-refractivity contribution is -0.155. The number of ether oxygens (including phenoxy) is 3. The smallest absolute Gasteiger partial charge is 0.119 e. The minimum atomic E-state index is -0.0210. The van der Waals surface area contributed by atoms with Gasteiger partial charge in [-0.1, -0.05) is 12.1 Å². The van der Waals surface area contributed by atoms with Crippen molar-refractivity contribution >= 4 is 0 Å². The molecule has 2 unspecified atom stereocenters. The van der Waals surface area contributed by atoms with Gasteiger partial charge in [-0.2, -0.15) is 0 Å². The maximum Gasteiger partial charge on any atom is 0.119 e. The van der Waals surface area contributed by atoms with Gasteiger partial charge >= 0.3 is 0 Å². The van der Waals surface area contributed by atoms with Crippen LogP contribution in [-0.2, 0) is 9.47 Å². The van der Waals surface area contributed by atoms with Gasteiger partial charge in [0.15, 0.2) is 0 Å². The fourth-order valence-corrected chi connectivity index (χ4v) is 3.22. The molecule has 0 aliphatic carbocycles. The van der Waals surface area contributed by atoms with E-state index < -0.39 is 0 Å². The highest BCUT2D eigenvalue weighted by Crippen LogP contribution is 2.35. The summed E-state index contributed by atoms with van der Waals surface area (Å²) in [5, 5.41) is 0. The lowest BCUT2D eigenvalue weighted by Gasteiger charge is -2.43. The van der Waals surface area contributed by atoms with Crippen LogP contribution >= 0.6 is 0 Å². The molecule has 3 rings (SSSR count). The first kappa shape index (κ1) is 14.8. The molecule has 4 nitrogen and oxygen atoms in total. The summed E-state index contributed by atoms with van der Waals surface area (Å²) in [6.07, 6.45) is 4.12. The molecule has 2 heterocycles. The first-order valence-electron chi connectivity index (χ1n) is 7.91. The molecule has 1 spiro atoms. The number of nitrogens with two attached hydrogens (primary N) is 1. The topological polar surface area (TPSA) is 53.7 Å². The molecule has 2 fully saturated rings. The van der Waals surface area contributed by atoms with Crippen LogP contribution in [0.4, 0.5) is 0 Å². The number of rotatable bonds is 3. The summed E-state index contributed by atoms with van der Waals surface area (Å²) in [5.41, 5.74) is 6.99. The van der Waals surface area contributed by atoms with E-state index >= 15 is 0 Å². The van der Waals surface area contributed by atoms with Gasteiger partial charge in [0, 0.05) is 32.1 Å². The number of hydrogen-bond acceptors (Lipinski definition) is 4. The van der Waals surface area contributed by atoms with Crippen molar-refractivity contribution in [1.29, 1.82) is 0 Å². The van der Waals surface area contributed by atoms with E-state index in [1.54, 1.807) is 0 Å². The fourth-order valence-electron chi connectivity index (χ4n) is 3.22. The first-order valence-corrected chi connectivity index (χ1v) is 7.91. The summed E-state index contributed by atoms with van der Waals surface area (Å²) < 4.78 is 17.7. The molecule has 2 aliphatic rings. The Hall–Kier alpha value is -1.10. The molecule has 2 N–H and O–H groups in total. The lowest BCUT2D eigenvalue weighted by atomic mass is 9.85. The van der Waals surface area contributed by atoms with Crippen LogP contribution in [0.3, 0.4) is 0 Å². The standard InChI is InChI=1S/C17H25NO3/c1-13(18)14-2-4-15(5-3-14)21-16-6-9-20-17(12-16)7-10-19-11-8-17/h2-5,13,16H,6-12,18H2,1H3. The van der Waals surface area contributed by atoms with Crippen LogP contribution in [0.1, 0.15) is 44.2 Å². The Kier molecular flexibility index (Phi) is 4.48. The number of hydrogen-bond donors (Lipinski definition) is 1. The zero-order valence-corrected chi connectivity index (χ0v) is 12.7. The highest BCUT2D eigenvalue weighted by Gasteiger charge is 2.39. The molecular formula is C17H25NO3. The molecule has 116 valence electrons. The molecule has 2 atom stereocenters. The molecule has 21 heavy (non-hydrogen) atoms. The van der Waals surface area contributed by atoms with E-state index in [9.17, 15) is 0 Å². The minimum absolute atomic E-state index is 0.0210. The van der Waals surface area contributed by atoms with E-state index in [-0.39, 0.29) is 17.7 Å². The van der Waals surface area contributed by atoms with Gasteiger partial charge in [0.2, 0.25) is 0 Å². The van der Waals surface area contributed by atoms with Crippen molar-refractivity contribution in [1.82, 2.24) is 0 Å². The molecule has 1 aromatic rings. The van der Waals surface area contributed by atoms with Crippen LogP contribution in [0, 0.1) is 0 Å². The summed E-state index contributed by atoms with van der Waals surface area (Å²) >= 11 is 0. The van der Waals surface area contributed by atoms with E-state index in [1.807, 2.05) is 31.2 Å². The predicted molar refractivity (Wildman–Crippen MR) is 81.4 cm³/mol. The van der Waals surface area contributed by atoms with Crippen molar-refractivity contribution in [2.45, 2.75) is 50.4 Å². The van der Waals surface area contributed by atoms with Crippen molar-refractivity contribution in [2.24, 2.45) is 5.73 Å². The van der Waals surface area contributed by atoms with E-state index in [0.717, 1.165) is 56.8 Å². The Bertz CT molecular complexity index is 446. The molecule has 2 saturated heterocycles. The Labute approximate surface area is 126 Å². The van der Waals surface area contributed by atoms with Gasteiger partial charge in [-0.25, -0.2) is 0 Å². The van der Waals surface area contributed by atoms with Crippen LogP contribution in [0.5, 0.6) is 5.75 Å². The SMILES string of the molecule is CC(N)c1ccc(OC2CCOC3(CCOCC3)C2)cc1. The highest BCUT2D eigenvalue weighted by molar-refractivity contribution is 5.29. The summed E-state index contributed by atoms with van der Waals surface area (Å²) in [4.78, 5) is 0. The van der Waals surface area contributed by atoms with Gasteiger partial charge in [-0.05, 0) is 37.5 Å². The quantitative estimate of drug-likeness (QED) is 0.930. The van der Waals surface area contributed by atoms with Gasteiger partial charge in [0.05, 0.1) is 12.2 Å². The summed E-state index contributed by atoms with van der Waals surface area (Å²) in [6.45, 7) is 4.37. The fraction of sp³-hybridized carbons (Fsp3) is 0.647. The van der Waals surface area contributed by atoms with Crippen molar-refractivity contribution in [3.05, 3.63) is 29.8 Å². The highest BCUT2D eigenvalue weighted by atomic mass is 16.5. The summed E-state index contributed by atoms with van der Waals surface area (Å²) in [7, 11) is 0. The van der Waals surface area contributed by atoms with Gasteiger partial charge in [-0.3, -0.25) is 0 Å². The van der Waals surface area contributed by atoms with Crippen molar-refractivity contribution in [3.8, 4) is 5.75 Å². The van der Waals surface area contributed by atoms with Gasteiger partial charge in [0.25, 0.3) is 0 Å². The predicted octanol–water partition coefficient (Wildman–Crippen LogP) is 2.81. The summed E-state index contributed by atoms with van der Waals surface area (Å²) in [6, 6.07) is 8.19. The van der Waals surface area contributed by atoms with Gasteiger partial charge < -0.3 is 19.9 Å². The molecular weight excluding hydrogens is 266 g/mol. The molecule has 2 aliphatic heterocycles. The largest absolute Gasteiger partial charge is 0.490 e. The van der Waals surface area contributed by atoms with Crippen LogP contribution in [0.15, 0.2) is 24.3 Å². The van der Waals surface area contributed by atoms with Crippen LogP contribution < -0.4 is 10.5 Å². The van der Waals surface area contributed by atoms with Crippen molar-refractivity contribution in [3.63, 3.8) is 0 Å². The maximum atomic E-state index is 6.16. The Morgan fingerprint density at radius 2 is 1.90 bits per heavy atom. The summed E-state index contributed by atoms with van der Waals surface area (Å²) in [5.74, 6) is 0.925. The molecule has 1 aromatic carbocycles. The third kappa shape index (κ3) is 3.57. The van der Waals surface area contributed by atoms with Crippen LogP contribution in [0.2, 0.25) is 0 Å². The lowest BCUT2D eigenvalue weighted by Crippen LogP contribution is -2.47. The minimum Gasteiger partial charge on any atom is -0.490 e. The third-order valence-corrected chi connectivity index (χ3v) is 4.56. The monoisotopic (exact) mass is 291 g/mol. The molecule has 0 aromatic heterocycles. The molecule has 0 amide bonds. The average molecular weight is 291 g/mol. The third-order valence-electron chi connectivity index (χ3n) is 4.56. The van der Waals surface area contributed by atoms with Crippen molar-refractivity contribution in [2.75, 3.05) is 19.8 Å². The second kappa shape index (κ2) is 6.34. The van der Waals surface area contributed by atoms with E-state index in [2.05, 4.69) is 0 Å². The molecule has 0 saturated carbocycles. The molecule has 4 heteroatoms. The Morgan fingerprint density at radius 1 is 1.19 bits per heavy atom. The normalized spacial score (nSPS) is 26.5. The molecule has 0 bridgehead atoms. The van der Waals surface area contributed by atoms with E-state index in [4.69, 9.17) is 19.9 Å². The maximum absolute atomic E-state index is 6.16. The van der Waals surface area contributed by atoms with Crippen LogP contribution in [-0.4, -0.2) is 31.5 Å².